The van der Waals surface area contributed by atoms with Gasteiger partial charge < -0.3 is 4.57 Å². The maximum atomic E-state index is 9.00. The molecule has 0 aliphatic heterocycles. The van der Waals surface area contributed by atoms with Gasteiger partial charge in [0.1, 0.15) is 0 Å². The first-order valence-corrected chi connectivity index (χ1v) is 6.73. The molecule has 0 unspecified atom stereocenters. The van der Waals surface area contributed by atoms with Crippen molar-refractivity contribution in [3.8, 4) is 6.07 Å². The van der Waals surface area contributed by atoms with Crippen molar-refractivity contribution in [2.75, 3.05) is 12.0 Å². The third-order valence-electron chi connectivity index (χ3n) is 2.68. The summed E-state index contributed by atoms with van der Waals surface area (Å²) in [7, 11) is 0. The van der Waals surface area contributed by atoms with Crippen LogP contribution in [0.15, 0.2) is 30.5 Å². The van der Waals surface area contributed by atoms with Gasteiger partial charge in [-0.2, -0.15) is 17.0 Å². The van der Waals surface area contributed by atoms with Crippen LogP contribution in [0.3, 0.4) is 0 Å². The van der Waals surface area contributed by atoms with Gasteiger partial charge in [0, 0.05) is 23.6 Å². The first-order chi connectivity index (χ1) is 7.86. The van der Waals surface area contributed by atoms with E-state index in [1.54, 1.807) is 0 Å². The number of hydrogen-bond donors (Lipinski definition) is 0. The van der Waals surface area contributed by atoms with Crippen LogP contribution in [0.5, 0.6) is 0 Å². The van der Waals surface area contributed by atoms with Gasteiger partial charge >= 0.3 is 0 Å². The quantitative estimate of drug-likeness (QED) is 0.754. The molecule has 3 heteroatoms. The summed E-state index contributed by atoms with van der Waals surface area (Å²) in [5, 5.41) is 10.1. The number of fused-ring (bicyclic) bond motifs is 1. The third-order valence-corrected chi connectivity index (χ3v) is 3.38. The van der Waals surface area contributed by atoms with Gasteiger partial charge in [-0.05, 0) is 36.6 Å². The van der Waals surface area contributed by atoms with Crippen LogP contribution in [0.25, 0.3) is 10.9 Å². The van der Waals surface area contributed by atoms with E-state index in [9.17, 15) is 0 Å². The van der Waals surface area contributed by atoms with Crippen molar-refractivity contribution >= 4 is 22.7 Å². The smallest absolute Gasteiger partial charge is 0.0998 e. The maximum absolute atomic E-state index is 9.00. The van der Waals surface area contributed by atoms with Crippen LogP contribution in [0.2, 0.25) is 0 Å². The highest BCUT2D eigenvalue weighted by Crippen LogP contribution is 2.20. The molecule has 0 fully saturated rings. The third kappa shape index (κ3) is 2.07. The zero-order chi connectivity index (χ0) is 11.4. The molecule has 2 rings (SSSR count). The molecule has 2 aromatic rings. The Morgan fingerprint density at radius 3 is 3.00 bits per heavy atom. The molecule has 82 valence electrons. The normalized spacial score (nSPS) is 10.5. The van der Waals surface area contributed by atoms with Crippen molar-refractivity contribution in [1.29, 1.82) is 5.26 Å². The minimum atomic E-state index is 0.765. The van der Waals surface area contributed by atoms with Crippen molar-refractivity contribution < 1.29 is 0 Å². The van der Waals surface area contributed by atoms with E-state index in [4.69, 9.17) is 5.26 Å². The summed E-state index contributed by atoms with van der Waals surface area (Å²) in [5.74, 6) is 1.18. The Labute approximate surface area is 99.9 Å². The zero-order valence-electron chi connectivity index (χ0n) is 9.31. The van der Waals surface area contributed by atoms with Crippen molar-refractivity contribution in [3.05, 3.63) is 36.0 Å². The van der Waals surface area contributed by atoms with Gasteiger partial charge in [-0.1, -0.05) is 6.07 Å². The number of aryl methyl sites for hydroxylation is 1. The predicted octanol–water partition coefficient (Wildman–Crippen LogP) is 3.27. The fraction of sp³-hybridized carbons (Fsp3) is 0.308. The molecule has 0 spiro atoms. The lowest BCUT2D eigenvalue weighted by Gasteiger charge is -2.04. The lowest BCUT2D eigenvalue weighted by Crippen LogP contribution is -1.97. The van der Waals surface area contributed by atoms with Gasteiger partial charge in [0.05, 0.1) is 11.6 Å². The maximum Gasteiger partial charge on any atom is 0.0998 e. The number of benzene rings is 1. The van der Waals surface area contributed by atoms with Crippen LogP contribution in [-0.4, -0.2) is 16.6 Å². The number of rotatable bonds is 4. The van der Waals surface area contributed by atoms with Gasteiger partial charge in [-0.25, -0.2) is 0 Å². The van der Waals surface area contributed by atoms with Gasteiger partial charge in [0.15, 0.2) is 0 Å². The van der Waals surface area contributed by atoms with Gasteiger partial charge in [0.2, 0.25) is 0 Å². The number of nitriles is 1. The van der Waals surface area contributed by atoms with Crippen molar-refractivity contribution in [2.45, 2.75) is 13.0 Å². The molecule has 2 nitrogen and oxygen atoms in total. The second-order valence-electron chi connectivity index (χ2n) is 3.71. The first kappa shape index (κ1) is 11.1. The van der Waals surface area contributed by atoms with E-state index in [0.717, 1.165) is 17.5 Å². The minimum absolute atomic E-state index is 0.765. The summed E-state index contributed by atoms with van der Waals surface area (Å²) in [6.07, 6.45) is 5.37. The molecule has 0 bridgehead atoms. The average molecular weight is 230 g/mol. The molecule has 0 aliphatic rings. The molecule has 1 aromatic carbocycles. The van der Waals surface area contributed by atoms with Crippen LogP contribution < -0.4 is 0 Å². The Bertz CT molecular complexity index is 522. The van der Waals surface area contributed by atoms with E-state index in [1.165, 1.54) is 17.7 Å². The Balaban J connectivity index is 2.31. The van der Waals surface area contributed by atoms with Gasteiger partial charge in [0.25, 0.3) is 0 Å². The van der Waals surface area contributed by atoms with E-state index in [0.29, 0.717) is 0 Å². The van der Waals surface area contributed by atoms with E-state index >= 15 is 0 Å². The summed E-state index contributed by atoms with van der Waals surface area (Å²) in [6.45, 7) is 1.03. The average Bonchev–Trinajstić information content (AvgIpc) is 2.73. The fourth-order valence-electron chi connectivity index (χ4n) is 1.90. The second kappa shape index (κ2) is 5.09. The van der Waals surface area contributed by atoms with Crippen LogP contribution >= 0.6 is 11.8 Å². The molecule has 16 heavy (non-hydrogen) atoms. The summed E-state index contributed by atoms with van der Waals surface area (Å²) < 4.78 is 2.23. The molecule has 0 saturated heterocycles. The standard InChI is InChI=1S/C13H14N2S/c1-16-9-3-7-15-8-6-12-11(10-14)4-2-5-13(12)15/h2,4-6,8H,3,7,9H2,1H3. The molecular formula is C13H14N2S. The molecule has 0 saturated carbocycles. The summed E-state index contributed by atoms with van der Waals surface area (Å²) >= 11 is 1.87. The highest BCUT2D eigenvalue weighted by molar-refractivity contribution is 7.98. The van der Waals surface area contributed by atoms with E-state index in [1.807, 2.05) is 30.0 Å². The monoisotopic (exact) mass is 230 g/mol. The lowest BCUT2D eigenvalue weighted by atomic mass is 10.1. The highest BCUT2D eigenvalue weighted by atomic mass is 32.2. The Hall–Kier alpha value is -1.40. The molecule has 1 aromatic heterocycles. The van der Waals surface area contributed by atoms with E-state index < -0.39 is 0 Å². The number of thioether (sulfide) groups is 1. The topological polar surface area (TPSA) is 28.7 Å². The molecule has 0 aliphatic carbocycles. The van der Waals surface area contributed by atoms with Crippen molar-refractivity contribution in [3.63, 3.8) is 0 Å². The fourth-order valence-corrected chi connectivity index (χ4v) is 2.31. The molecule has 0 radical (unpaired) electrons. The Morgan fingerprint density at radius 2 is 2.25 bits per heavy atom. The number of nitrogens with zero attached hydrogens (tertiary/aromatic N) is 2. The summed E-state index contributed by atoms with van der Waals surface area (Å²) in [5.41, 5.74) is 1.93. The van der Waals surface area contributed by atoms with E-state index in [-0.39, 0.29) is 0 Å². The Kier molecular flexibility index (Phi) is 3.53. The summed E-state index contributed by atoms with van der Waals surface area (Å²) in [4.78, 5) is 0. The first-order valence-electron chi connectivity index (χ1n) is 5.33. The van der Waals surface area contributed by atoms with Crippen LogP contribution in [0.1, 0.15) is 12.0 Å². The minimum Gasteiger partial charge on any atom is -0.347 e. The van der Waals surface area contributed by atoms with Crippen molar-refractivity contribution in [1.82, 2.24) is 4.57 Å². The Morgan fingerprint density at radius 1 is 1.38 bits per heavy atom. The molecule has 0 N–H and O–H groups in total. The number of hydrogen-bond acceptors (Lipinski definition) is 2. The molecule has 0 amide bonds. The molecule has 1 heterocycles. The van der Waals surface area contributed by atoms with Gasteiger partial charge in [-0.15, -0.1) is 0 Å². The molecular weight excluding hydrogens is 216 g/mol. The van der Waals surface area contributed by atoms with Crippen LogP contribution in [-0.2, 0) is 6.54 Å². The second-order valence-corrected chi connectivity index (χ2v) is 4.69. The van der Waals surface area contributed by atoms with Crippen LogP contribution in [0, 0.1) is 11.3 Å². The van der Waals surface area contributed by atoms with Crippen molar-refractivity contribution in [2.24, 2.45) is 0 Å². The largest absolute Gasteiger partial charge is 0.347 e. The predicted molar refractivity (Wildman–Crippen MR) is 69.7 cm³/mol. The number of aromatic nitrogens is 1. The van der Waals surface area contributed by atoms with Crippen LogP contribution in [0.4, 0.5) is 0 Å². The summed E-state index contributed by atoms with van der Waals surface area (Å²) in [6, 6.07) is 10.2. The van der Waals surface area contributed by atoms with E-state index in [2.05, 4.69) is 29.2 Å². The SMILES string of the molecule is CSCCCn1ccc2c(C#N)cccc21. The molecule has 0 atom stereocenters. The lowest BCUT2D eigenvalue weighted by molar-refractivity contribution is 0.709. The van der Waals surface area contributed by atoms with Gasteiger partial charge in [-0.3, -0.25) is 0 Å². The highest BCUT2D eigenvalue weighted by Gasteiger charge is 2.04. The zero-order valence-corrected chi connectivity index (χ0v) is 10.1.